The van der Waals surface area contributed by atoms with Crippen LogP contribution < -0.4 is 5.32 Å². The topological polar surface area (TPSA) is 64.6 Å². The summed E-state index contributed by atoms with van der Waals surface area (Å²) in [6.45, 7) is 4.18. The Hall–Kier alpha value is -2.22. The SMILES string of the molecule is CCC[C@H](COC(=O)C1=C(C)NC2=C(C(=O)C[C@H](c3cccs3)C2)[C@@H]1c1ccsc1)OC.[HH]. The van der Waals surface area contributed by atoms with Gasteiger partial charge in [-0.25, -0.2) is 4.79 Å². The van der Waals surface area contributed by atoms with Gasteiger partial charge >= 0.3 is 5.97 Å². The second-order valence-corrected chi connectivity index (χ2v) is 10.1. The van der Waals surface area contributed by atoms with Crippen LogP contribution in [0.1, 0.15) is 63.2 Å². The molecule has 2 aromatic heterocycles. The van der Waals surface area contributed by atoms with Gasteiger partial charge in [0.05, 0.1) is 11.7 Å². The highest BCUT2D eigenvalue weighted by atomic mass is 32.1. The van der Waals surface area contributed by atoms with Crippen molar-refractivity contribution in [2.75, 3.05) is 13.7 Å². The lowest BCUT2D eigenvalue weighted by Gasteiger charge is -2.36. The molecule has 0 aromatic carbocycles. The van der Waals surface area contributed by atoms with Gasteiger partial charge < -0.3 is 14.8 Å². The largest absolute Gasteiger partial charge is 0.459 e. The maximum absolute atomic E-state index is 13.4. The van der Waals surface area contributed by atoms with Crippen molar-refractivity contribution in [1.29, 1.82) is 0 Å². The van der Waals surface area contributed by atoms with Crippen molar-refractivity contribution in [3.8, 4) is 0 Å². The van der Waals surface area contributed by atoms with Crippen LogP contribution in [0.25, 0.3) is 0 Å². The van der Waals surface area contributed by atoms with E-state index in [1.54, 1.807) is 29.8 Å². The number of hydrogen-bond acceptors (Lipinski definition) is 7. The molecule has 7 heteroatoms. The average molecular weight is 474 g/mol. The van der Waals surface area contributed by atoms with Crippen molar-refractivity contribution in [3.63, 3.8) is 0 Å². The number of hydrogen-bond donors (Lipinski definition) is 1. The Kier molecular flexibility index (Phi) is 7.28. The van der Waals surface area contributed by atoms with Crippen molar-refractivity contribution in [2.24, 2.45) is 0 Å². The third-order valence-corrected chi connectivity index (χ3v) is 7.95. The van der Waals surface area contributed by atoms with E-state index in [0.717, 1.165) is 36.2 Å². The smallest absolute Gasteiger partial charge is 0.336 e. The van der Waals surface area contributed by atoms with Gasteiger partial charge in [-0.15, -0.1) is 11.3 Å². The van der Waals surface area contributed by atoms with Crippen LogP contribution in [0, 0.1) is 0 Å². The summed E-state index contributed by atoms with van der Waals surface area (Å²) in [6.07, 6.45) is 2.88. The van der Waals surface area contributed by atoms with E-state index < -0.39 is 5.92 Å². The Balaban J connectivity index is 0.00000306. The highest BCUT2D eigenvalue weighted by Gasteiger charge is 2.41. The number of nitrogens with one attached hydrogen (secondary N) is 1. The van der Waals surface area contributed by atoms with E-state index >= 15 is 0 Å². The normalized spacial score (nSPS) is 21.9. The summed E-state index contributed by atoms with van der Waals surface area (Å²) < 4.78 is 11.1. The van der Waals surface area contributed by atoms with Crippen molar-refractivity contribution >= 4 is 34.4 Å². The van der Waals surface area contributed by atoms with Gasteiger partial charge in [-0.1, -0.05) is 19.4 Å². The predicted octanol–water partition coefficient (Wildman–Crippen LogP) is 5.78. The molecule has 5 nitrogen and oxygen atoms in total. The molecule has 4 rings (SSSR count). The second-order valence-electron chi connectivity index (χ2n) is 8.33. The minimum atomic E-state index is -0.394. The average Bonchev–Trinajstić information content (AvgIpc) is 3.49. The van der Waals surface area contributed by atoms with E-state index in [1.807, 2.05) is 29.8 Å². The van der Waals surface area contributed by atoms with Gasteiger partial charge in [0.1, 0.15) is 6.61 Å². The Morgan fingerprint density at radius 3 is 2.81 bits per heavy atom. The summed E-state index contributed by atoms with van der Waals surface area (Å²) in [5, 5.41) is 9.47. The number of ether oxygens (including phenoxy) is 2. The first-order valence-corrected chi connectivity index (χ1v) is 12.8. The number of carbonyl (C=O) groups is 2. The van der Waals surface area contributed by atoms with Gasteiger partial charge in [0.15, 0.2) is 5.78 Å². The molecule has 0 saturated heterocycles. The summed E-state index contributed by atoms with van der Waals surface area (Å²) in [5.74, 6) is -0.500. The second kappa shape index (κ2) is 10.1. The van der Waals surface area contributed by atoms with Gasteiger partial charge in [-0.05, 0) is 53.6 Å². The molecule has 2 aromatic rings. The molecule has 3 atom stereocenters. The van der Waals surface area contributed by atoms with E-state index in [0.29, 0.717) is 17.6 Å². The van der Waals surface area contributed by atoms with E-state index in [-0.39, 0.29) is 31.8 Å². The van der Waals surface area contributed by atoms with Crippen molar-refractivity contribution in [2.45, 2.75) is 57.5 Å². The minimum absolute atomic E-state index is 0. The Labute approximate surface area is 198 Å². The zero-order valence-electron chi connectivity index (χ0n) is 18.7. The highest BCUT2D eigenvalue weighted by molar-refractivity contribution is 7.10. The molecule has 1 N–H and O–H groups in total. The first-order valence-electron chi connectivity index (χ1n) is 11.0. The third-order valence-electron chi connectivity index (χ3n) is 6.21. The van der Waals surface area contributed by atoms with Crippen LogP contribution >= 0.6 is 22.7 Å². The maximum atomic E-state index is 13.4. The molecular weight excluding hydrogens is 442 g/mol. The van der Waals surface area contributed by atoms with Crippen LogP contribution in [-0.2, 0) is 19.1 Å². The van der Waals surface area contributed by atoms with Gasteiger partial charge in [0.2, 0.25) is 0 Å². The van der Waals surface area contributed by atoms with Gasteiger partial charge in [0, 0.05) is 48.6 Å². The maximum Gasteiger partial charge on any atom is 0.336 e. The molecule has 0 unspecified atom stereocenters. The lowest BCUT2D eigenvalue weighted by molar-refractivity contribution is -0.143. The molecule has 0 amide bonds. The standard InChI is InChI=1S/C25H29NO4S2.H2/c1-4-6-18(29-3)13-30-25(28)22-15(2)26-19-11-17(21-7-5-9-32-21)12-20(27)24(19)23(22)16-8-10-31-14-16;/h5,7-10,14,17-18,23,26H,4,6,11-13H2,1-3H3;1H/t17-,18-,23-;/m1./s1. The quantitative estimate of drug-likeness (QED) is 0.493. The van der Waals surface area contributed by atoms with Crippen LogP contribution in [0.2, 0.25) is 0 Å². The highest BCUT2D eigenvalue weighted by Crippen LogP contribution is 2.46. The van der Waals surface area contributed by atoms with E-state index in [4.69, 9.17) is 9.47 Å². The fourth-order valence-corrected chi connectivity index (χ4v) is 6.16. The van der Waals surface area contributed by atoms with E-state index in [2.05, 4.69) is 23.7 Å². The molecule has 0 bridgehead atoms. The fraction of sp³-hybridized carbons (Fsp3) is 0.440. The number of rotatable bonds is 8. The van der Waals surface area contributed by atoms with Crippen LogP contribution in [0.15, 0.2) is 56.9 Å². The Morgan fingerprint density at radius 1 is 1.31 bits per heavy atom. The first kappa shape index (κ1) is 23.0. The van der Waals surface area contributed by atoms with Crippen LogP contribution in [-0.4, -0.2) is 31.6 Å². The Bertz CT molecular complexity index is 1030. The molecule has 1 aliphatic heterocycles. The number of allylic oxidation sites excluding steroid dienone is 3. The minimum Gasteiger partial charge on any atom is -0.459 e. The number of thiophene rings is 2. The molecule has 0 fully saturated rings. The number of dihydropyridines is 1. The van der Waals surface area contributed by atoms with Gasteiger partial charge in [0.25, 0.3) is 0 Å². The number of esters is 1. The zero-order valence-corrected chi connectivity index (χ0v) is 20.3. The van der Waals surface area contributed by atoms with Crippen molar-refractivity contribution in [1.82, 2.24) is 5.32 Å². The lowest BCUT2D eigenvalue weighted by atomic mass is 9.73. The van der Waals surface area contributed by atoms with Crippen LogP contribution in [0.5, 0.6) is 0 Å². The fourth-order valence-electron chi connectivity index (χ4n) is 4.64. The molecular formula is C25H31NO4S2. The van der Waals surface area contributed by atoms with E-state index in [9.17, 15) is 9.59 Å². The number of carbonyl (C=O) groups excluding carboxylic acids is 2. The third kappa shape index (κ3) is 4.60. The molecule has 0 saturated carbocycles. The molecule has 0 radical (unpaired) electrons. The Morgan fingerprint density at radius 2 is 2.16 bits per heavy atom. The van der Waals surface area contributed by atoms with Crippen molar-refractivity contribution in [3.05, 3.63) is 67.3 Å². The summed E-state index contributed by atoms with van der Waals surface area (Å²) in [4.78, 5) is 27.9. The molecule has 2 aliphatic rings. The van der Waals surface area contributed by atoms with Gasteiger partial charge in [-0.3, -0.25) is 4.79 Å². The molecule has 1 aliphatic carbocycles. The number of Topliss-reactive ketones (excluding diaryl/α,β-unsaturated/α-hetero) is 1. The molecule has 172 valence electrons. The summed E-state index contributed by atoms with van der Waals surface area (Å²) in [7, 11) is 1.64. The summed E-state index contributed by atoms with van der Waals surface area (Å²) in [6, 6.07) is 6.13. The lowest BCUT2D eigenvalue weighted by Crippen LogP contribution is -2.36. The van der Waals surface area contributed by atoms with Crippen LogP contribution in [0.4, 0.5) is 0 Å². The van der Waals surface area contributed by atoms with Gasteiger partial charge in [-0.2, -0.15) is 11.3 Å². The van der Waals surface area contributed by atoms with Crippen molar-refractivity contribution < 1.29 is 20.5 Å². The molecule has 32 heavy (non-hydrogen) atoms. The van der Waals surface area contributed by atoms with E-state index in [1.165, 1.54) is 4.88 Å². The first-order chi connectivity index (χ1) is 15.5. The molecule has 3 heterocycles. The monoisotopic (exact) mass is 473 g/mol. The summed E-state index contributed by atoms with van der Waals surface area (Å²) in [5.41, 5.74) is 3.90. The predicted molar refractivity (Wildman–Crippen MR) is 130 cm³/mol. The summed E-state index contributed by atoms with van der Waals surface area (Å²) >= 11 is 3.26. The number of ketones is 1. The van der Waals surface area contributed by atoms with Crippen LogP contribution in [0.3, 0.4) is 0 Å². The zero-order chi connectivity index (χ0) is 22.7. The number of methoxy groups -OCH3 is 1. The molecule has 0 spiro atoms.